The van der Waals surface area contributed by atoms with Crippen LogP contribution in [-0.4, -0.2) is 41.8 Å². The first-order valence-electron chi connectivity index (χ1n) is 17.1. The van der Waals surface area contributed by atoms with E-state index in [0.717, 1.165) is 25.7 Å². The molecule has 6 heteroatoms. The minimum atomic E-state index is -2.65. The normalized spacial score (nSPS) is 46.1. The van der Waals surface area contributed by atoms with Crippen LogP contribution in [0.3, 0.4) is 0 Å². The molecule has 6 aliphatic rings. The second-order valence-corrected chi connectivity index (χ2v) is 17.5. The molecule has 2 amide bonds. The number of urea groups is 1. The highest BCUT2D eigenvalue weighted by molar-refractivity contribution is 6.00. The van der Waals surface area contributed by atoms with E-state index in [4.69, 9.17) is 0 Å². The number of carbonyl (C=O) groups is 2. The number of hydrogen-bond donors (Lipinski definition) is 1. The van der Waals surface area contributed by atoms with Crippen molar-refractivity contribution in [3.05, 3.63) is 11.1 Å². The molecule has 1 aliphatic heterocycles. The van der Waals surface area contributed by atoms with Crippen LogP contribution in [0.1, 0.15) is 126 Å². The Labute approximate surface area is 253 Å². The van der Waals surface area contributed by atoms with Crippen molar-refractivity contribution >= 4 is 11.8 Å². The van der Waals surface area contributed by atoms with Gasteiger partial charge in [-0.15, -0.1) is 0 Å². The maximum absolute atomic E-state index is 13.7. The summed E-state index contributed by atoms with van der Waals surface area (Å²) in [6.07, 6.45) is 9.38. The first-order valence-corrected chi connectivity index (χ1v) is 17.1. The van der Waals surface area contributed by atoms with E-state index in [9.17, 15) is 18.4 Å². The zero-order valence-electron chi connectivity index (χ0n) is 27.6. The van der Waals surface area contributed by atoms with E-state index < -0.39 is 5.92 Å². The molecule has 1 N–H and O–H groups in total. The van der Waals surface area contributed by atoms with Gasteiger partial charge in [0.15, 0.2) is 5.78 Å². The molecule has 0 aromatic carbocycles. The van der Waals surface area contributed by atoms with Gasteiger partial charge >= 0.3 is 6.03 Å². The summed E-state index contributed by atoms with van der Waals surface area (Å²) in [5, 5.41) is 3.34. The first kappa shape index (κ1) is 30.6. The minimum Gasteiger partial charge on any atom is -0.335 e. The van der Waals surface area contributed by atoms with Crippen LogP contribution < -0.4 is 5.32 Å². The highest BCUT2D eigenvalue weighted by Crippen LogP contribution is 2.76. The molecule has 1 heterocycles. The van der Waals surface area contributed by atoms with Crippen molar-refractivity contribution < 1.29 is 18.4 Å². The van der Waals surface area contributed by atoms with E-state index >= 15 is 0 Å². The van der Waals surface area contributed by atoms with Crippen LogP contribution >= 0.6 is 0 Å². The van der Waals surface area contributed by atoms with Crippen LogP contribution in [-0.2, 0) is 4.79 Å². The second kappa shape index (κ2) is 9.52. The maximum Gasteiger partial charge on any atom is 0.317 e. The number of ketones is 1. The number of nitrogens with zero attached hydrogens (tertiary/aromatic N) is 1. The van der Waals surface area contributed by atoms with Crippen molar-refractivity contribution in [2.75, 3.05) is 13.1 Å². The Balaban J connectivity index is 1.26. The van der Waals surface area contributed by atoms with Crippen LogP contribution in [0.15, 0.2) is 11.1 Å². The summed E-state index contributed by atoms with van der Waals surface area (Å²) >= 11 is 0. The number of carbonyl (C=O) groups excluding carboxylic acids is 2. The van der Waals surface area contributed by atoms with Gasteiger partial charge in [0, 0.05) is 38.4 Å². The lowest BCUT2D eigenvalue weighted by atomic mass is 9.33. The summed E-state index contributed by atoms with van der Waals surface area (Å²) in [4.78, 5) is 28.2. The highest BCUT2D eigenvalue weighted by atomic mass is 19.3. The number of nitrogens with one attached hydrogen (secondary N) is 1. The number of rotatable bonds is 2. The Bertz CT molecular complexity index is 1180. The van der Waals surface area contributed by atoms with E-state index in [-0.39, 0.29) is 65.1 Å². The molecule has 4 saturated carbocycles. The van der Waals surface area contributed by atoms with E-state index in [1.54, 1.807) is 10.5 Å². The van der Waals surface area contributed by atoms with Crippen molar-refractivity contribution in [1.29, 1.82) is 0 Å². The zero-order valence-corrected chi connectivity index (χ0v) is 27.6. The fraction of sp³-hybridized carbons (Fsp3) is 0.889. The van der Waals surface area contributed by atoms with Gasteiger partial charge in [0.25, 0.3) is 5.92 Å². The Morgan fingerprint density at radius 1 is 0.833 bits per heavy atom. The molecule has 0 bridgehead atoms. The number of likely N-dealkylation sites (tertiary alicyclic amines) is 1. The summed E-state index contributed by atoms with van der Waals surface area (Å²) in [6, 6.07) is -0.105. The topological polar surface area (TPSA) is 49.4 Å². The Hall–Kier alpha value is -1.46. The highest BCUT2D eigenvalue weighted by Gasteiger charge is 2.69. The van der Waals surface area contributed by atoms with E-state index in [1.807, 2.05) is 0 Å². The Morgan fingerprint density at radius 2 is 1.50 bits per heavy atom. The standard InChI is InChI=1S/C36H56F2N2O2/c1-22(2)28-24(41)21-32(5)15-16-34(7)23(29(28)32)9-10-26-33(6)13-12-27(31(3,4)25(33)11-14-35(26,34)8)39-30(42)40-19-17-36(37,38)18-20-40/h22-23,25-27H,9-21H2,1-8H3,(H,39,42)/t23-,25+,26-,27?,32+,33+,34-,35-/m1/s1. The molecule has 5 aliphatic carbocycles. The third kappa shape index (κ3) is 4.14. The van der Waals surface area contributed by atoms with Gasteiger partial charge in [-0.05, 0) is 108 Å². The summed E-state index contributed by atoms with van der Waals surface area (Å²) < 4.78 is 27.5. The Kier molecular flexibility index (Phi) is 6.93. The van der Waals surface area contributed by atoms with Crippen molar-refractivity contribution in [3.8, 4) is 0 Å². The number of halogens is 2. The van der Waals surface area contributed by atoms with Gasteiger partial charge in [-0.1, -0.05) is 61.0 Å². The van der Waals surface area contributed by atoms with E-state index in [1.165, 1.54) is 31.3 Å². The third-order valence-corrected chi connectivity index (χ3v) is 14.9. The molecular weight excluding hydrogens is 530 g/mol. The summed E-state index contributed by atoms with van der Waals surface area (Å²) in [7, 11) is 0. The first-order chi connectivity index (χ1) is 19.4. The summed E-state index contributed by atoms with van der Waals surface area (Å²) in [5.41, 5.74) is 3.30. The zero-order chi connectivity index (χ0) is 30.7. The van der Waals surface area contributed by atoms with Gasteiger partial charge in [-0.2, -0.15) is 0 Å². The fourth-order valence-corrected chi connectivity index (χ4v) is 12.4. The van der Waals surface area contributed by atoms with Crippen LogP contribution in [0, 0.1) is 50.7 Å². The lowest BCUT2D eigenvalue weighted by Crippen LogP contribution is -2.67. The van der Waals surface area contributed by atoms with Crippen molar-refractivity contribution in [2.45, 2.75) is 138 Å². The fourth-order valence-electron chi connectivity index (χ4n) is 12.4. The van der Waals surface area contributed by atoms with Gasteiger partial charge in [-0.3, -0.25) is 4.79 Å². The lowest BCUT2D eigenvalue weighted by Gasteiger charge is -2.72. The summed E-state index contributed by atoms with van der Waals surface area (Å²) in [6.45, 7) is 19.6. The molecule has 1 unspecified atom stereocenters. The number of alkyl halides is 2. The number of amides is 2. The van der Waals surface area contributed by atoms with Gasteiger partial charge in [0.2, 0.25) is 0 Å². The van der Waals surface area contributed by atoms with Crippen molar-refractivity contribution in [3.63, 3.8) is 0 Å². The van der Waals surface area contributed by atoms with Crippen molar-refractivity contribution in [1.82, 2.24) is 10.2 Å². The van der Waals surface area contributed by atoms with E-state index in [2.05, 4.69) is 60.7 Å². The van der Waals surface area contributed by atoms with Crippen LogP contribution in [0.2, 0.25) is 0 Å². The average Bonchev–Trinajstić information content (AvgIpc) is 3.16. The predicted molar refractivity (Wildman–Crippen MR) is 163 cm³/mol. The second-order valence-electron chi connectivity index (χ2n) is 17.5. The lowest BCUT2D eigenvalue weighted by molar-refractivity contribution is -0.215. The molecule has 0 spiro atoms. The monoisotopic (exact) mass is 586 g/mol. The maximum atomic E-state index is 13.7. The number of Topliss-reactive ketones (excluding diaryl/α,β-unsaturated/α-hetero) is 1. The number of fused-ring (bicyclic) bond motifs is 7. The molecule has 6 rings (SSSR count). The molecule has 236 valence electrons. The molecule has 0 aromatic heterocycles. The summed E-state index contributed by atoms with van der Waals surface area (Å²) in [5.74, 6) is -0.319. The molecule has 42 heavy (non-hydrogen) atoms. The molecule has 8 atom stereocenters. The largest absolute Gasteiger partial charge is 0.335 e. The number of allylic oxidation sites excluding steroid dienone is 2. The van der Waals surface area contributed by atoms with Gasteiger partial charge in [0.1, 0.15) is 0 Å². The van der Waals surface area contributed by atoms with Crippen LogP contribution in [0.25, 0.3) is 0 Å². The van der Waals surface area contributed by atoms with Crippen LogP contribution in [0.5, 0.6) is 0 Å². The van der Waals surface area contributed by atoms with Crippen molar-refractivity contribution in [2.24, 2.45) is 50.7 Å². The molecule has 0 aromatic rings. The molecule has 4 nitrogen and oxygen atoms in total. The quantitative estimate of drug-likeness (QED) is 0.352. The molecule has 0 radical (unpaired) electrons. The SMILES string of the molecule is CC(C)C1=C2[C@H]3CC[C@@H]4[C@@]5(C)CCC(NC(=O)N6CCC(F)(F)CC6)C(C)(C)[C@@H]5CC[C@@]4(C)[C@]3(C)CC[C@@]2(C)CC1=O. The van der Waals surface area contributed by atoms with Gasteiger partial charge in [-0.25, -0.2) is 13.6 Å². The average molecular weight is 587 g/mol. The number of hydrogen-bond acceptors (Lipinski definition) is 2. The molecule has 5 fully saturated rings. The van der Waals surface area contributed by atoms with Crippen LogP contribution in [0.4, 0.5) is 13.6 Å². The van der Waals surface area contributed by atoms with E-state index in [0.29, 0.717) is 35.9 Å². The third-order valence-electron chi connectivity index (χ3n) is 14.9. The number of piperidine rings is 1. The minimum absolute atomic E-state index is 0.0493. The van der Waals surface area contributed by atoms with Gasteiger partial charge < -0.3 is 10.2 Å². The molecular formula is C36H56F2N2O2. The molecule has 1 saturated heterocycles. The smallest absolute Gasteiger partial charge is 0.317 e. The Morgan fingerprint density at radius 3 is 2.14 bits per heavy atom. The predicted octanol–water partition coefficient (Wildman–Crippen LogP) is 8.80. The van der Waals surface area contributed by atoms with Gasteiger partial charge in [0.05, 0.1) is 0 Å².